The quantitative estimate of drug-likeness (QED) is 0.641. The van der Waals surface area contributed by atoms with Crippen LogP contribution in [0.15, 0.2) is 29.2 Å². The van der Waals surface area contributed by atoms with Crippen LogP contribution < -0.4 is 10.5 Å². The summed E-state index contributed by atoms with van der Waals surface area (Å²) in [7, 11) is -3.85. The number of nitrogens with zero attached hydrogens (tertiary/aromatic N) is 2. The summed E-state index contributed by atoms with van der Waals surface area (Å²) in [5.74, 6) is 0.273. The fourth-order valence-corrected chi connectivity index (χ4v) is 7.25. The van der Waals surface area contributed by atoms with Crippen LogP contribution in [0.5, 0.6) is 0 Å². The highest BCUT2D eigenvalue weighted by Gasteiger charge is 2.28. The maximum atomic E-state index is 12.9. The molecule has 0 atom stereocenters. The van der Waals surface area contributed by atoms with Crippen molar-refractivity contribution < 1.29 is 13.2 Å². The van der Waals surface area contributed by atoms with Crippen LogP contribution in [0.1, 0.15) is 53.7 Å². The monoisotopic (exact) mass is 472 g/mol. The van der Waals surface area contributed by atoms with Gasteiger partial charge in [0.2, 0.25) is 5.91 Å². The molecule has 0 unspecified atom stereocenters. The number of amides is 1. The molecule has 32 heavy (non-hydrogen) atoms. The van der Waals surface area contributed by atoms with E-state index >= 15 is 0 Å². The van der Waals surface area contributed by atoms with Crippen LogP contribution in [-0.4, -0.2) is 32.3 Å². The molecule has 0 saturated heterocycles. The minimum Gasteiger partial charge on any atom is -0.369 e. The Balaban J connectivity index is 1.50. The summed E-state index contributed by atoms with van der Waals surface area (Å²) < 4.78 is 28.5. The number of hydrogen-bond donors (Lipinski definition) is 2. The molecule has 4 rings (SSSR count). The second kappa shape index (κ2) is 9.61. The molecule has 3 N–H and O–H groups in total. The summed E-state index contributed by atoms with van der Waals surface area (Å²) in [6.07, 6.45) is 7.38. The van der Waals surface area contributed by atoms with Gasteiger partial charge in [-0.2, -0.15) is 5.26 Å². The van der Waals surface area contributed by atoms with E-state index < -0.39 is 15.9 Å². The lowest BCUT2D eigenvalue weighted by Crippen LogP contribution is -2.34. The van der Waals surface area contributed by atoms with E-state index in [1.807, 2.05) is 0 Å². The standard InChI is InChI=1S/C23H28N4O3S2/c24-13-20-19-10-11-27(14-17-4-2-1-3-5-17)15-21(19)31-23(20)26-32(29,30)18-8-6-16(7-9-18)12-22(25)28/h6-9,17,26H,1-5,10-12,14-15H2,(H2,25,28). The number of rotatable bonds is 7. The molecule has 1 fully saturated rings. The Labute approximate surface area is 193 Å². The molecule has 0 radical (unpaired) electrons. The molecule has 2 aromatic rings. The molecule has 170 valence electrons. The molecule has 9 heteroatoms. The van der Waals surface area contributed by atoms with Gasteiger partial charge in [0.05, 0.1) is 16.9 Å². The van der Waals surface area contributed by atoms with Crippen molar-refractivity contribution in [1.82, 2.24) is 4.90 Å². The predicted molar refractivity (Wildman–Crippen MR) is 125 cm³/mol. The topological polar surface area (TPSA) is 116 Å². The lowest BCUT2D eigenvalue weighted by Gasteiger charge is -2.32. The number of thiophene rings is 1. The average molecular weight is 473 g/mol. The number of sulfonamides is 1. The highest BCUT2D eigenvalue weighted by Crippen LogP contribution is 2.38. The third-order valence-electron chi connectivity index (χ3n) is 6.33. The molecular formula is C23H28N4O3S2. The number of carbonyl (C=O) groups is 1. The van der Waals surface area contributed by atoms with Crippen LogP contribution in [0.25, 0.3) is 0 Å². The molecule has 1 aromatic heterocycles. The highest BCUT2D eigenvalue weighted by atomic mass is 32.2. The van der Waals surface area contributed by atoms with Gasteiger partial charge in [-0.05, 0) is 48.4 Å². The van der Waals surface area contributed by atoms with Crippen LogP contribution in [0.2, 0.25) is 0 Å². The number of nitrogens with one attached hydrogen (secondary N) is 1. The van der Waals surface area contributed by atoms with E-state index in [-0.39, 0.29) is 11.3 Å². The van der Waals surface area contributed by atoms with Crippen molar-refractivity contribution in [2.24, 2.45) is 11.7 Å². The smallest absolute Gasteiger partial charge is 0.262 e. The number of benzene rings is 1. The summed E-state index contributed by atoms with van der Waals surface area (Å²) in [5.41, 5.74) is 7.26. The molecule has 2 heterocycles. The zero-order valence-electron chi connectivity index (χ0n) is 18.0. The van der Waals surface area contributed by atoms with Gasteiger partial charge in [-0.25, -0.2) is 8.42 Å². The van der Waals surface area contributed by atoms with Crippen molar-refractivity contribution in [2.75, 3.05) is 17.8 Å². The highest BCUT2D eigenvalue weighted by molar-refractivity contribution is 7.93. The molecule has 1 aliphatic heterocycles. The van der Waals surface area contributed by atoms with Crippen LogP contribution in [0.3, 0.4) is 0 Å². The van der Waals surface area contributed by atoms with E-state index in [0.29, 0.717) is 16.1 Å². The average Bonchev–Trinajstić information content (AvgIpc) is 3.09. The first-order valence-electron chi connectivity index (χ1n) is 11.0. The summed E-state index contributed by atoms with van der Waals surface area (Å²) in [6.45, 7) is 2.76. The molecule has 1 aliphatic carbocycles. The van der Waals surface area contributed by atoms with Crippen LogP contribution in [0, 0.1) is 17.2 Å². The molecule has 0 bridgehead atoms. The van der Waals surface area contributed by atoms with Gasteiger partial charge < -0.3 is 5.73 Å². The molecule has 1 amide bonds. The van der Waals surface area contributed by atoms with Crippen molar-refractivity contribution >= 4 is 32.3 Å². The Morgan fingerprint density at radius 2 is 1.94 bits per heavy atom. The van der Waals surface area contributed by atoms with Crippen molar-refractivity contribution in [2.45, 2.75) is 56.4 Å². The lowest BCUT2D eigenvalue weighted by atomic mass is 9.88. The number of nitrogens with two attached hydrogens (primary N) is 1. The Morgan fingerprint density at radius 3 is 2.59 bits per heavy atom. The molecule has 1 saturated carbocycles. The minimum atomic E-state index is -3.85. The number of anilines is 1. The van der Waals surface area contributed by atoms with E-state index in [1.165, 1.54) is 55.6 Å². The fourth-order valence-electron chi connectivity index (χ4n) is 4.71. The third-order valence-corrected chi connectivity index (χ3v) is 8.95. The Bertz CT molecular complexity index is 1130. The maximum absolute atomic E-state index is 12.9. The van der Waals surface area contributed by atoms with Crippen LogP contribution in [0.4, 0.5) is 5.00 Å². The van der Waals surface area contributed by atoms with Crippen molar-refractivity contribution in [3.8, 4) is 6.07 Å². The van der Waals surface area contributed by atoms with Crippen molar-refractivity contribution in [1.29, 1.82) is 5.26 Å². The van der Waals surface area contributed by atoms with E-state index in [2.05, 4.69) is 15.7 Å². The second-order valence-electron chi connectivity index (χ2n) is 8.70. The van der Waals surface area contributed by atoms with Gasteiger partial charge in [0.25, 0.3) is 10.0 Å². The van der Waals surface area contributed by atoms with E-state index in [9.17, 15) is 18.5 Å². The SMILES string of the molecule is N#Cc1c(NS(=O)(=O)c2ccc(CC(N)=O)cc2)sc2c1CCN(CC1CCCCC1)C2. The Kier molecular flexibility index (Phi) is 6.84. The summed E-state index contributed by atoms with van der Waals surface area (Å²) in [6, 6.07) is 8.27. The minimum absolute atomic E-state index is 0.0569. The second-order valence-corrected chi connectivity index (χ2v) is 11.5. The lowest BCUT2D eigenvalue weighted by molar-refractivity contribution is -0.117. The molecular weight excluding hydrogens is 444 g/mol. The first-order valence-corrected chi connectivity index (χ1v) is 13.3. The van der Waals surface area contributed by atoms with Gasteiger partial charge in [0.15, 0.2) is 0 Å². The van der Waals surface area contributed by atoms with Gasteiger partial charge in [-0.3, -0.25) is 14.4 Å². The number of fused-ring (bicyclic) bond motifs is 1. The van der Waals surface area contributed by atoms with Gasteiger partial charge in [0, 0.05) is 24.5 Å². The zero-order chi connectivity index (χ0) is 22.7. The van der Waals surface area contributed by atoms with Gasteiger partial charge in [-0.15, -0.1) is 11.3 Å². The first-order chi connectivity index (χ1) is 15.4. The molecule has 2 aliphatic rings. The normalized spacial score (nSPS) is 17.5. The molecule has 0 spiro atoms. The van der Waals surface area contributed by atoms with Crippen molar-refractivity contribution in [3.63, 3.8) is 0 Å². The summed E-state index contributed by atoms with van der Waals surface area (Å²) >= 11 is 1.37. The largest absolute Gasteiger partial charge is 0.369 e. The number of hydrogen-bond acceptors (Lipinski definition) is 6. The van der Waals surface area contributed by atoms with Gasteiger partial charge in [0.1, 0.15) is 11.1 Å². The van der Waals surface area contributed by atoms with E-state index in [4.69, 9.17) is 5.73 Å². The first kappa shape index (κ1) is 22.8. The summed E-state index contributed by atoms with van der Waals surface area (Å²) in [5, 5.41) is 10.1. The predicted octanol–water partition coefficient (Wildman–Crippen LogP) is 3.39. The van der Waals surface area contributed by atoms with Crippen LogP contribution in [-0.2, 0) is 34.2 Å². The van der Waals surface area contributed by atoms with Crippen LogP contribution >= 0.6 is 11.3 Å². The zero-order valence-corrected chi connectivity index (χ0v) is 19.6. The van der Waals surface area contributed by atoms with E-state index in [0.717, 1.165) is 42.4 Å². The Morgan fingerprint density at radius 1 is 1.22 bits per heavy atom. The Hall–Kier alpha value is -2.41. The number of carbonyl (C=O) groups excluding carboxylic acids is 1. The van der Waals surface area contributed by atoms with Crippen molar-refractivity contribution in [3.05, 3.63) is 45.8 Å². The maximum Gasteiger partial charge on any atom is 0.262 e. The fraction of sp³-hybridized carbons (Fsp3) is 0.478. The third kappa shape index (κ3) is 5.14. The van der Waals surface area contributed by atoms with E-state index in [1.54, 1.807) is 12.1 Å². The van der Waals surface area contributed by atoms with Gasteiger partial charge >= 0.3 is 0 Å². The van der Waals surface area contributed by atoms with Gasteiger partial charge in [-0.1, -0.05) is 31.4 Å². The molecule has 7 nitrogen and oxygen atoms in total. The molecule has 1 aromatic carbocycles. The summed E-state index contributed by atoms with van der Waals surface area (Å²) in [4.78, 5) is 14.7. The number of nitriles is 1. The number of primary amides is 1.